The van der Waals surface area contributed by atoms with Gasteiger partial charge in [-0.1, -0.05) is 12.8 Å². The lowest BCUT2D eigenvalue weighted by atomic mass is 9.91. The second kappa shape index (κ2) is 5.83. The Morgan fingerprint density at radius 1 is 1.50 bits per heavy atom. The highest BCUT2D eigenvalue weighted by Crippen LogP contribution is 2.24. The maximum Gasteiger partial charge on any atom is 0.339 e. The number of nitro groups is 1. The third-order valence-electron chi connectivity index (χ3n) is 3.46. The van der Waals surface area contributed by atoms with Gasteiger partial charge in [0.1, 0.15) is 17.6 Å². The molecule has 0 aliphatic heterocycles. The first kappa shape index (κ1) is 14.2. The van der Waals surface area contributed by atoms with Crippen LogP contribution in [0.2, 0.25) is 0 Å². The zero-order valence-electron chi connectivity index (χ0n) is 10.8. The molecule has 1 aliphatic carbocycles. The lowest BCUT2D eigenvalue weighted by molar-refractivity contribution is -0.385. The Bertz CT molecular complexity index is 534. The van der Waals surface area contributed by atoms with E-state index in [4.69, 9.17) is 10.8 Å². The minimum Gasteiger partial charge on any atom is -0.478 e. The average molecular weight is 280 g/mol. The maximum absolute atomic E-state index is 11.2. The molecule has 1 aliphatic rings. The van der Waals surface area contributed by atoms with E-state index in [1.54, 1.807) is 0 Å². The monoisotopic (exact) mass is 280 g/mol. The number of carbonyl (C=O) groups is 1. The Labute approximate surface area is 115 Å². The van der Waals surface area contributed by atoms with Crippen LogP contribution in [-0.4, -0.2) is 33.1 Å². The van der Waals surface area contributed by atoms with Crippen LogP contribution >= 0.6 is 0 Å². The number of pyridine rings is 1. The summed E-state index contributed by atoms with van der Waals surface area (Å²) in [6.07, 6.45) is 4.81. The van der Waals surface area contributed by atoms with Crippen molar-refractivity contribution in [3.8, 4) is 0 Å². The van der Waals surface area contributed by atoms with Crippen molar-refractivity contribution in [1.29, 1.82) is 0 Å². The van der Waals surface area contributed by atoms with Gasteiger partial charge in [0.05, 0.1) is 4.92 Å². The third-order valence-corrected chi connectivity index (χ3v) is 3.46. The molecule has 1 fully saturated rings. The van der Waals surface area contributed by atoms with Gasteiger partial charge in [0.2, 0.25) is 0 Å². The van der Waals surface area contributed by atoms with E-state index in [0.29, 0.717) is 0 Å². The minimum atomic E-state index is -1.26. The van der Waals surface area contributed by atoms with Crippen molar-refractivity contribution in [1.82, 2.24) is 4.98 Å². The first-order chi connectivity index (χ1) is 9.49. The molecule has 108 valence electrons. The largest absolute Gasteiger partial charge is 0.478 e. The molecule has 20 heavy (non-hydrogen) atoms. The molecule has 4 N–H and O–H groups in total. The zero-order chi connectivity index (χ0) is 14.7. The van der Waals surface area contributed by atoms with Gasteiger partial charge in [-0.25, -0.2) is 9.78 Å². The van der Waals surface area contributed by atoms with Crippen molar-refractivity contribution in [3.05, 3.63) is 27.9 Å². The van der Waals surface area contributed by atoms with Crippen molar-refractivity contribution in [3.63, 3.8) is 0 Å². The van der Waals surface area contributed by atoms with E-state index in [-0.39, 0.29) is 29.2 Å². The molecule has 1 aromatic heterocycles. The summed E-state index contributed by atoms with van der Waals surface area (Å²) in [7, 11) is 0. The minimum absolute atomic E-state index is 0.0594. The number of carboxylic acids is 1. The number of hydrogen-bond donors (Lipinski definition) is 3. The Balaban J connectivity index is 2.26. The van der Waals surface area contributed by atoms with Gasteiger partial charge in [0, 0.05) is 18.2 Å². The zero-order valence-corrected chi connectivity index (χ0v) is 10.8. The molecule has 1 aromatic rings. The number of carboxylic acid groups (broad SMARTS) is 1. The van der Waals surface area contributed by atoms with Crippen LogP contribution in [0.5, 0.6) is 0 Å². The predicted octanol–water partition coefficient (Wildman–Crippen LogP) is 1.37. The molecular weight excluding hydrogens is 264 g/mol. The van der Waals surface area contributed by atoms with Crippen LogP contribution in [0.4, 0.5) is 11.5 Å². The lowest BCUT2D eigenvalue weighted by Crippen LogP contribution is -2.43. The standard InChI is InChI=1S/C12H16N4O4/c13-9-3-1-2-4-10(9)15-11-8(12(17)18)5-7(6-14-11)16(19)20/h5-6,9-10H,1-4,13H2,(H,14,15)(H,17,18). The van der Waals surface area contributed by atoms with Crippen LogP contribution in [-0.2, 0) is 0 Å². The molecule has 0 amide bonds. The third kappa shape index (κ3) is 3.02. The summed E-state index contributed by atoms with van der Waals surface area (Å²) in [5.41, 5.74) is 5.43. The summed E-state index contributed by atoms with van der Waals surface area (Å²) in [5.74, 6) is -1.13. The highest BCUT2D eigenvalue weighted by molar-refractivity contribution is 5.93. The lowest BCUT2D eigenvalue weighted by Gasteiger charge is -2.30. The number of anilines is 1. The maximum atomic E-state index is 11.2. The van der Waals surface area contributed by atoms with Gasteiger partial charge in [-0.15, -0.1) is 0 Å². The number of aromatic carboxylic acids is 1. The van der Waals surface area contributed by atoms with Gasteiger partial charge in [-0.3, -0.25) is 10.1 Å². The van der Waals surface area contributed by atoms with Crippen molar-refractivity contribution in [2.24, 2.45) is 5.73 Å². The van der Waals surface area contributed by atoms with Gasteiger partial charge in [-0.2, -0.15) is 0 Å². The van der Waals surface area contributed by atoms with Gasteiger partial charge < -0.3 is 16.2 Å². The molecule has 0 aromatic carbocycles. The fraction of sp³-hybridized carbons (Fsp3) is 0.500. The summed E-state index contributed by atoms with van der Waals surface area (Å²) >= 11 is 0. The SMILES string of the molecule is NC1CCCCC1Nc1ncc([N+](=O)[O-])cc1C(=O)O. The Morgan fingerprint density at radius 3 is 2.80 bits per heavy atom. The van der Waals surface area contributed by atoms with Crippen molar-refractivity contribution >= 4 is 17.5 Å². The normalized spacial score (nSPS) is 22.2. The number of nitrogens with one attached hydrogen (secondary N) is 1. The van der Waals surface area contributed by atoms with Crippen molar-refractivity contribution in [2.45, 2.75) is 37.8 Å². The number of nitrogens with zero attached hydrogens (tertiary/aromatic N) is 2. The number of hydrogen-bond acceptors (Lipinski definition) is 6. The topological polar surface area (TPSA) is 131 Å². The van der Waals surface area contributed by atoms with E-state index >= 15 is 0 Å². The van der Waals surface area contributed by atoms with E-state index in [0.717, 1.165) is 37.9 Å². The highest BCUT2D eigenvalue weighted by atomic mass is 16.6. The van der Waals surface area contributed by atoms with Crippen LogP contribution < -0.4 is 11.1 Å². The molecule has 0 saturated heterocycles. The van der Waals surface area contributed by atoms with Crippen LogP contribution in [0.1, 0.15) is 36.0 Å². The summed E-state index contributed by atoms with van der Waals surface area (Å²) in [6.45, 7) is 0. The summed E-state index contributed by atoms with van der Waals surface area (Å²) < 4.78 is 0. The van der Waals surface area contributed by atoms with E-state index in [2.05, 4.69) is 10.3 Å². The predicted molar refractivity (Wildman–Crippen MR) is 71.7 cm³/mol. The van der Waals surface area contributed by atoms with E-state index in [1.807, 2.05) is 0 Å². The molecule has 2 unspecified atom stereocenters. The second-order valence-electron chi connectivity index (χ2n) is 4.85. The Hall–Kier alpha value is -2.22. The molecule has 0 bridgehead atoms. The van der Waals surface area contributed by atoms with Gasteiger partial charge in [-0.05, 0) is 12.8 Å². The van der Waals surface area contributed by atoms with Crippen LogP contribution in [0.15, 0.2) is 12.3 Å². The molecule has 8 nitrogen and oxygen atoms in total. The van der Waals surface area contributed by atoms with Crippen LogP contribution in [0.25, 0.3) is 0 Å². The molecule has 0 radical (unpaired) electrons. The fourth-order valence-corrected chi connectivity index (χ4v) is 2.35. The second-order valence-corrected chi connectivity index (χ2v) is 4.85. The average Bonchev–Trinajstić information content (AvgIpc) is 2.41. The van der Waals surface area contributed by atoms with Gasteiger partial charge in [0.25, 0.3) is 5.69 Å². The van der Waals surface area contributed by atoms with Crippen LogP contribution in [0.3, 0.4) is 0 Å². The summed E-state index contributed by atoms with van der Waals surface area (Å²) in [5, 5.41) is 22.8. The van der Waals surface area contributed by atoms with Crippen LogP contribution in [0, 0.1) is 10.1 Å². The molecular formula is C12H16N4O4. The molecule has 2 rings (SSSR count). The Morgan fingerprint density at radius 2 is 2.20 bits per heavy atom. The quantitative estimate of drug-likeness (QED) is 0.560. The van der Waals surface area contributed by atoms with E-state index in [9.17, 15) is 14.9 Å². The number of nitrogens with two attached hydrogens (primary N) is 1. The van der Waals surface area contributed by atoms with Gasteiger partial charge >= 0.3 is 5.97 Å². The molecule has 0 spiro atoms. The molecule has 1 heterocycles. The summed E-state index contributed by atoms with van der Waals surface area (Å²) in [6, 6.07) is 0.879. The highest BCUT2D eigenvalue weighted by Gasteiger charge is 2.25. The van der Waals surface area contributed by atoms with E-state index in [1.165, 1.54) is 0 Å². The molecule has 2 atom stereocenters. The van der Waals surface area contributed by atoms with E-state index < -0.39 is 10.9 Å². The first-order valence-corrected chi connectivity index (χ1v) is 6.39. The molecule has 1 saturated carbocycles. The Kier molecular flexibility index (Phi) is 4.14. The number of aromatic nitrogens is 1. The number of rotatable bonds is 4. The fourth-order valence-electron chi connectivity index (χ4n) is 2.35. The molecule has 8 heteroatoms. The summed E-state index contributed by atoms with van der Waals surface area (Å²) in [4.78, 5) is 25.0. The van der Waals surface area contributed by atoms with Gasteiger partial charge in [0.15, 0.2) is 0 Å². The smallest absolute Gasteiger partial charge is 0.339 e. The first-order valence-electron chi connectivity index (χ1n) is 6.39. The van der Waals surface area contributed by atoms with Crippen molar-refractivity contribution < 1.29 is 14.8 Å². The van der Waals surface area contributed by atoms with Crippen molar-refractivity contribution in [2.75, 3.05) is 5.32 Å².